The number of halogens is 1. The van der Waals surface area contributed by atoms with Gasteiger partial charge in [0.05, 0.1) is 17.8 Å². The van der Waals surface area contributed by atoms with Crippen LogP contribution in [0.3, 0.4) is 0 Å². The fraction of sp³-hybridized carbons (Fsp3) is 0.294. The third kappa shape index (κ3) is 6.66. The number of aryl methyl sites for hydroxylation is 1. The Hall–Kier alpha value is -4.79. The Morgan fingerprint density at radius 3 is 2.19 bits per heavy atom. The molecule has 0 radical (unpaired) electrons. The predicted octanol–water partition coefficient (Wildman–Crippen LogP) is 7.54. The van der Waals surface area contributed by atoms with E-state index in [0.717, 1.165) is 23.1 Å². The van der Waals surface area contributed by atoms with Gasteiger partial charge in [0.25, 0.3) is 5.56 Å². The van der Waals surface area contributed by atoms with E-state index in [4.69, 9.17) is 14.2 Å². The lowest BCUT2D eigenvalue weighted by Gasteiger charge is -2.21. The molecule has 2 heterocycles. The molecule has 222 valence electrons. The molecule has 1 atom stereocenters. The molecule has 0 bridgehead atoms. The van der Waals surface area contributed by atoms with Crippen molar-refractivity contribution in [2.24, 2.45) is 0 Å². The van der Waals surface area contributed by atoms with Crippen LogP contribution in [0.4, 0.5) is 4.39 Å². The molecule has 43 heavy (non-hydrogen) atoms. The quantitative estimate of drug-likeness (QED) is 0.191. The van der Waals surface area contributed by atoms with Gasteiger partial charge < -0.3 is 9.84 Å². The van der Waals surface area contributed by atoms with E-state index in [9.17, 15) is 14.3 Å². The van der Waals surface area contributed by atoms with E-state index in [1.165, 1.54) is 6.92 Å². The Kier molecular flexibility index (Phi) is 8.43. The fourth-order valence-electron chi connectivity index (χ4n) is 5.02. The summed E-state index contributed by atoms with van der Waals surface area (Å²) in [6, 6.07) is 22.5. The van der Waals surface area contributed by atoms with Crippen molar-refractivity contribution < 1.29 is 18.8 Å². The zero-order chi connectivity index (χ0) is 30.7. The van der Waals surface area contributed by atoms with Crippen LogP contribution in [0, 0.1) is 0 Å². The van der Waals surface area contributed by atoms with Crippen molar-refractivity contribution in [3.05, 3.63) is 100 Å². The maximum Gasteiger partial charge on any atom is 0.415 e. The van der Waals surface area contributed by atoms with Gasteiger partial charge in [0.1, 0.15) is 23.3 Å². The second kappa shape index (κ2) is 12.2. The van der Waals surface area contributed by atoms with Gasteiger partial charge >= 0.3 is 6.08 Å². The minimum atomic E-state index is -1.42. The van der Waals surface area contributed by atoms with Gasteiger partial charge in [0.2, 0.25) is 5.82 Å². The first kappa shape index (κ1) is 29.7. The topological polar surface area (TPSA) is 103 Å². The molecule has 2 aromatic heterocycles. The molecule has 1 unspecified atom stereocenters. The Morgan fingerprint density at radius 1 is 0.953 bits per heavy atom. The first-order valence-electron chi connectivity index (χ1n) is 14.3. The molecule has 5 aromatic rings. The van der Waals surface area contributed by atoms with Crippen molar-refractivity contribution in [3.8, 4) is 45.5 Å². The highest BCUT2D eigenvalue weighted by atomic mass is 19.1. The molecule has 1 N–H and O–H groups in total. The monoisotopic (exact) mass is 582 g/mol. The van der Waals surface area contributed by atoms with E-state index in [1.807, 2.05) is 76.2 Å². The first-order chi connectivity index (χ1) is 20.5. The number of rotatable bonds is 9. The van der Waals surface area contributed by atoms with Crippen LogP contribution >= 0.6 is 0 Å². The number of ether oxygens (including phenoxy) is 1. The van der Waals surface area contributed by atoms with Crippen LogP contribution in [-0.2, 0) is 13.0 Å². The molecule has 3 aromatic carbocycles. The van der Waals surface area contributed by atoms with Gasteiger partial charge in [-0.05, 0) is 68.5 Å². The lowest BCUT2D eigenvalue weighted by Crippen LogP contribution is -2.29. The van der Waals surface area contributed by atoms with Gasteiger partial charge in [-0.2, -0.15) is 4.98 Å². The van der Waals surface area contributed by atoms with Gasteiger partial charge in [-0.15, -0.1) is 0 Å². The molecule has 0 aliphatic carbocycles. The first-order valence-corrected chi connectivity index (χ1v) is 14.3. The van der Waals surface area contributed by atoms with Crippen molar-refractivity contribution in [2.75, 3.05) is 0 Å². The Morgan fingerprint density at radius 2 is 1.60 bits per heavy atom. The van der Waals surface area contributed by atoms with E-state index >= 15 is 0 Å². The fourth-order valence-corrected chi connectivity index (χ4v) is 5.02. The van der Waals surface area contributed by atoms with Crippen LogP contribution in [-0.4, -0.2) is 30.4 Å². The SMILES string of the molecule is CCCc1nc(C(C)F)c(-c2ccc(OC(C)(C)C)cc2)c(=O)n1Cc1ccc(-c2ccccc2-c2noc(O)n2)cc1. The summed E-state index contributed by atoms with van der Waals surface area (Å²) in [5.41, 5.74) is 3.71. The molecule has 0 saturated heterocycles. The maximum absolute atomic E-state index is 14.9. The van der Waals surface area contributed by atoms with Gasteiger partial charge in [-0.25, -0.2) is 9.37 Å². The van der Waals surface area contributed by atoms with Crippen molar-refractivity contribution in [1.29, 1.82) is 0 Å². The highest BCUT2D eigenvalue weighted by Gasteiger charge is 2.22. The Labute approximate surface area is 249 Å². The van der Waals surface area contributed by atoms with E-state index in [-0.39, 0.29) is 34.8 Å². The van der Waals surface area contributed by atoms with Gasteiger partial charge in [0, 0.05) is 12.0 Å². The van der Waals surface area contributed by atoms with E-state index in [2.05, 4.69) is 10.1 Å². The minimum absolute atomic E-state index is 0.147. The van der Waals surface area contributed by atoms with Crippen LogP contribution in [0.15, 0.2) is 82.1 Å². The van der Waals surface area contributed by atoms with Crippen LogP contribution in [0.25, 0.3) is 33.6 Å². The van der Waals surface area contributed by atoms with Crippen molar-refractivity contribution in [1.82, 2.24) is 19.7 Å². The van der Waals surface area contributed by atoms with Crippen LogP contribution < -0.4 is 10.3 Å². The molecule has 0 saturated carbocycles. The van der Waals surface area contributed by atoms with Gasteiger partial charge in [-0.1, -0.05) is 72.7 Å². The average molecular weight is 583 g/mol. The number of alkyl halides is 1. The van der Waals surface area contributed by atoms with Crippen molar-refractivity contribution in [2.45, 2.75) is 65.8 Å². The Bertz CT molecular complexity index is 1770. The third-order valence-electron chi connectivity index (χ3n) is 6.88. The van der Waals surface area contributed by atoms with Crippen LogP contribution in [0.1, 0.15) is 64.3 Å². The summed E-state index contributed by atoms with van der Waals surface area (Å²) >= 11 is 0. The number of aromatic hydroxyl groups is 1. The maximum atomic E-state index is 14.9. The molecule has 0 spiro atoms. The molecule has 0 aliphatic rings. The van der Waals surface area contributed by atoms with Gasteiger partial charge in [-0.3, -0.25) is 13.9 Å². The second-order valence-electron chi connectivity index (χ2n) is 11.4. The molecule has 8 nitrogen and oxygen atoms in total. The standard InChI is InChI=1S/C34H35FN4O4/c1-6-9-28-36-30(21(2)35)29(24-16-18-25(19-17-24)42-34(3,4)5)32(40)39(28)20-22-12-14-23(15-13-22)26-10-7-8-11-27(26)31-37-33(41)43-38-31/h7-8,10-19,21H,6,9,20H2,1-5H3,(H,37,38,41). The van der Waals surface area contributed by atoms with E-state index in [1.54, 1.807) is 28.8 Å². The summed E-state index contributed by atoms with van der Waals surface area (Å²) in [4.78, 5) is 22.7. The number of aromatic nitrogens is 4. The minimum Gasteiger partial charge on any atom is -0.488 e. The summed E-state index contributed by atoms with van der Waals surface area (Å²) in [6.07, 6.45) is -0.620. The molecule has 0 fully saturated rings. The third-order valence-corrected chi connectivity index (χ3v) is 6.88. The second-order valence-corrected chi connectivity index (χ2v) is 11.4. The van der Waals surface area contributed by atoms with Crippen molar-refractivity contribution >= 4 is 0 Å². The smallest absolute Gasteiger partial charge is 0.415 e. The highest BCUT2D eigenvalue weighted by Crippen LogP contribution is 2.32. The zero-order valence-corrected chi connectivity index (χ0v) is 25.0. The van der Waals surface area contributed by atoms with E-state index in [0.29, 0.717) is 29.1 Å². The number of hydrogen-bond acceptors (Lipinski definition) is 7. The van der Waals surface area contributed by atoms with Crippen LogP contribution in [0.5, 0.6) is 11.8 Å². The summed E-state index contributed by atoms with van der Waals surface area (Å²) in [5.74, 6) is 1.50. The molecule has 0 aliphatic heterocycles. The molecular formula is C34H35FN4O4. The summed E-state index contributed by atoms with van der Waals surface area (Å²) < 4.78 is 27.3. The lowest BCUT2D eigenvalue weighted by molar-refractivity contribution is 0.131. The molecule has 0 amide bonds. The van der Waals surface area contributed by atoms with Crippen LogP contribution in [0.2, 0.25) is 0 Å². The summed E-state index contributed by atoms with van der Waals surface area (Å²) in [6.45, 7) is 9.58. The van der Waals surface area contributed by atoms with Gasteiger partial charge in [0.15, 0.2) is 0 Å². The zero-order valence-electron chi connectivity index (χ0n) is 25.0. The largest absolute Gasteiger partial charge is 0.488 e. The molecule has 5 rings (SSSR count). The Balaban J connectivity index is 1.52. The van der Waals surface area contributed by atoms with E-state index < -0.39 is 12.2 Å². The average Bonchev–Trinajstić information content (AvgIpc) is 3.41. The lowest BCUT2D eigenvalue weighted by atomic mass is 9.98. The normalized spacial score (nSPS) is 12.3. The number of benzene rings is 3. The van der Waals surface area contributed by atoms with Crippen molar-refractivity contribution in [3.63, 3.8) is 0 Å². The number of hydrogen-bond donors (Lipinski definition) is 1. The highest BCUT2D eigenvalue weighted by molar-refractivity contribution is 5.80. The summed E-state index contributed by atoms with van der Waals surface area (Å²) in [7, 11) is 0. The number of nitrogens with zero attached hydrogens (tertiary/aromatic N) is 4. The molecular weight excluding hydrogens is 547 g/mol. The predicted molar refractivity (Wildman–Crippen MR) is 164 cm³/mol. The molecule has 9 heteroatoms. The summed E-state index contributed by atoms with van der Waals surface area (Å²) in [5, 5.41) is 13.4.